The average molecular weight is 266 g/mol. The predicted octanol–water partition coefficient (Wildman–Crippen LogP) is 1.42. The summed E-state index contributed by atoms with van der Waals surface area (Å²) in [6.07, 6.45) is -0.170. The first kappa shape index (κ1) is 15.5. The van der Waals surface area contributed by atoms with E-state index in [-0.39, 0.29) is 6.42 Å². The van der Waals surface area contributed by atoms with Crippen LogP contribution >= 0.6 is 0 Å². The second-order valence-electron chi connectivity index (χ2n) is 4.87. The molecule has 1 rings (SSSR count). The number of carbonyl (C=O) groups is 1. The van der Waals surface area contributed by atoms with E-state index in [0.29, 0.717) is 5.75 Å². The molecular formula is C14H22N2O3. The third kappa shape index (κ3) is 3.24. The molecule has 0 heterocycles. The maximum absolute atomic E-state index is 10.7. The normalized spacial score (nSPS) is 14.0. The van der Waals surface area contributed by atoms with E-state index in [1.54, 1.807) is 7.11 Å². The quantitative estimate of drug-likeness (QED) is 0.748. The summed E-state index contributed by atoms with van der Waals surface area (Å²) >= 11 is 0. The van der Waals surface area contributed by atoms with Crippen molar-refractivity contribution in [3.63, 3.8) is 0 Å². The Balaban J connectivity index is 3.25. The van der Waals surface area contributed by atoms with Gasteiger partial charge in [-0.05, 0) is 37.5 Å². The summed E-state index contributed by atoms with van der Waals surface area (Å²) in [6.45, 7) is 5.88. The third-order valence-electron chi connectivity index (χ3n) is 3.44. The van der Waals surface area contributed by atoms with Gasteiger partial charge in [0.1, 0.15) is 5.75 Å². The van der Waals surface area contributed by atoms with Crippen LogP contribution in [-0.4, -0.2) is 24.2 Å². The summed E-state index contributed by atoms with van der Waals surface area (Å²) in [7, 11) is 1.58. The molecule has 0 saturated carbocycles. The van der Waals surface area contributed by atoms with Crippen molar-refractivity contribution >= 4 is 5.97 Å². The van der Waals surface area contributed by atoms with Gasteiger partial charge in [-0.15, -0.1) is 0 Å². The molecule has 0 spiro atoms. The highest BCUT2D eigenvalue weighted by atomic mass is 16.5. The molecule has 19 heavy (non-hydrogen) atoms. The number of nitrogens with two attached hydrogens (primary N) is 2. The lowest BCUT2D eigenvalue weighted by molar-refractivity contribution is -0.137. The molecular weight excluding hydrogens is 244 g/mol. The Bertz CT molecular complexity index is 486. The minimum Gasteiger partial charge on any atom is -0.496 e. The van der Waals surface area contributed by atoms with Crippen molar-refractivity contribution in [1.29, 1.82) is 0 Å². The number of benzene rings is 1. The number of aryl methyl sites for hydroxylation is 2. The first-order valence-electron chi connectivity index (χ1n) is 6.17. The lowest BCUT2D eigenvalue weighted by Gasteiger charge is -2.25. The van der Waals surface area contributed by atoms with E-state index in [0.717, 1.165) is 22.3 Å². The molecule has 0 radical (unpaired) electrons. The van der Waals surface area contributed by atoms with Crippen LogP contribution < -0.4 is 16.2 Å². The van der Waals surface area contributed by atoms with Crippen LogP contribution in [-0.2, 0) is 4.79 Å². The number of hydrogen-bond acceptors (Lipinski definition) is 4. The fraction of sp³-hybridized carbons (Fsp3) is 0.500. The SMILES string of the molecule is COc1c(C)c(C)cc(C)c1C(N)C(N)CC(=O)O. The first-order valence-corrected chi connectivity index (χ1v) is 6.17. The van der Waals surface area contributed by atoms with Crippen molar-refractivity contribution in [1.82, 2.24) is 0 Å². The maximum atomic E-state index is 10.7. The van der Waals surface area contributed by atoms with Gasteiger partial charge in [-0.3, -0.25) is 4.79 Å². The lowest BCUT2D eigenvalue weighted by atomic mass is 9.90. The number of carboxylic acids is 1. The molecule has 0 aliphatic rings. The zero-order valence-electron chi connectivity index (χ0n) is 11.9. The van der Waals surface area contributed by atoms with Crippen molar-refractivity contribution in [3.05, 3.63) is 28.3 Å². The lowest BCUT2D eigenvalue weighted by Crippen LogP contribution is -2.36. The van der Waals surface area contributed by atoms with Crippen LogP contribution in [0.1, 0.15) is 34.7 Å². The number of methoxy groups -OCH3 is 1. The van der Waals surface area contributed by atoms with E-state index < -0.39 is 18.1 Å². The van der Waals surface area contributed by atoms with Gasteiger partial charge in [0.15, 0.2) is 0 Å². The monoisotopic (exact) mass is 266 g/mol. The number of rotatable bonds is 5. The molecule has 1 aromatic carbocycles. The van der Waals surface area contributed by atoms with Crippen molar-refractivity contribution < 1.29 is 14.6 Å². The Morgan fingerprint density at radius 2 is 1.89 bits per heavy atom. The van der Waals surface area contributed by atoms with E-state index in [1.165, 1.54) is 0 Å². The van der Waals surface area contributed by atoms with Gasteiger partial charge in [-0.1, -0.05) is 6.07 Å². The molecule has 0 saturated heterocycles. The second-order valence-corrected chi connectivity index (χ2v) is 4.87. The minimum atomic E-state index is -0.955. The number of ether oxygens (including phenoxy) is 1. The first-order chi connectivity index (χ1) is 8.79. The van der Waals surface area contributed by atoms with Crippen molar-refractivity contribution in [3.8, 4) is 5.75 Å². The smallest absolute Gasteiger partial charge is 0.304 e. The van der Waals surface area contributed by atoms with Gasteiger partial charge in [0.25, 0.3) is 0 Å². The van der Waals surface area contributed by atoms with Gasteiger partial charge >= 0.3 is 5.97 Å². The molecule has 0 aliphatic heterocycles. The highest BCUT2D eigenvalue weighted by molar-refractivity contribution is 5.68. The third-order valence-corrected chi connectivity index (χ3v) is 3.44. The molecule has 0 fully saturated rings. The number of carboxylic acid groups (broad SMARTS) is 1. The summed E-state index contributed by atoms with van der Waals surface area (Å²) in [5, 5.41) is 8.81. The van der Waals surface area contributed by atoms with Gasteiger partial charge in [-0.2, -0.15) is 0 Å². The van der Waals surface area contributed by atoms with Gasteiger partial charge in [0.05, 0.1) is 13.5 Å². The van der Waals surface area contributed by atoms with Crippen molar-refractivity contribution in [2.24, 2.45) is 11.5 Å². The fourth-order valence-corrected chi connectivity index (χ4v) is 2.29. The summed E-state index contributed by atoms with van der Waals surface area (Å²) in [6, 6.07) is 0.804. The summed E-state index contributed by atoms with van der Waals surface area (Å²) in [5.41, 5.74) is 15.9. The largest absolute Gasteiger partial charge is 0.496 e. The summed E-state index contributed by atoms with van der Waals surface area (Å²) < 4.78 is 5.43. The molecule has 5 N–H and O–H groups in total. The second kappa shape index (κ2) is 6.04. The van der Waals surface area contributed by atoms with Crippen molar-refractivity contribution in [2.75, 3.05) is 7.11 Å². The number of aliphatic carboxylic acids is 1. The molecule has 1 aromatic rings. The van der Waals surface area contributed by atoms with E-state index in [4.69, 9.17) is 21.3 Å². The molecule has 106 valence electrons. The van der Waals surface area contributed by atoms with Gasteiger partial charge in [0.2, 0.25) is 0 Å². The fourth-order valence-electron chi connectivity index (χ4n) is 2.29. The van der Waals surface area contributed by atoms with Crippen LogP contribution in [0.5, 0.6) is 5.75 Å². The van der Waals surface area contributed by atoms with Crippen LogP contribution in [0.4, 0.5) is 0 Å². The highest BCUT2D eigenvalue weighted by Gasteiger charge is 2.24. The molecule has 0 bridgehead atoms. The Morgan fingerprint density at radius 3 is 2.37 bits per heavy atom. The van der Waals surface area contributed by atoms with Gasteiger partial charge < -0.3 is 21.3 Å². The molecule has 5 nitrogen and oxygen atoms in total. The summed E-state index contributed by atoms with van der Waals surface area (Å²) in [5.74, 6) is -0.255. The maximum Gasteiger partial charge on any atom is 0.304 e. The predicted molar refractivity (Wildman–Crippen MR) is 74.4 cm³/mol. The average Bonchev–Trinajstić information content (AvgIpc) is 2.31. The minimum absolute atomic E-state index is 0.170. The molecule has 2 unspecified atom stereocenters. The Labute approximate surface area is 113 Å². The van der Waals surface area contributed by atoms with Gasteiger partial charge in [-0.25, -0.2) is 0 Å². The van der Waals surface area contributed by atoms with E-state index >= 15 is 0 Å². The van der Waals surface area contributed by atoms with Crippen LogP contribution in [0.3, 0.4) is 0 Å². The van der Waals surface area contributed by atoms with Crippen LogP contribution in [0.2, 0.25) is 0 Å². The Hall–Kier alpha value is -1.59. The molecule has 2 atom stereocenters. The Morgan fingerprint density at radius 1 is 1.32 bits per heavy atom. The van der Waals surface area contributed by atoms with Crippen LogP contribution in [0.15, 0.2) is 6.07 Å². The molecule has 0 aliphatic carbocycles. The van der Waals surface area contributed by atoms with E-state index in [2.05, 4.69) is 0 Å². The van der Waals surface area contributed by atoms with Crippen LogP contribution in [0.25, 0.3) is 0 Å². The molecule has 0 aromatic heterocycles. The zero-order valence-corrected chi connectivity index (χ0v) is 11.9. The topological polar surface area (TPSA) is 98.6 Å². The molecule has 5 heteroatoms. The standard InChI is InChI=1S/C14H22N2O3/c1-7-5-8(2)12(14(19-4)9(7)3)13(16)10(15)6-11(17)18/h5,10,13H,6,15-16H2,1-4H3,(H,17,18). The highest BCUT2D eigenvalue weighted by Crippen LogP contribution is 2.34. The van der Waals surface area contributed by atoms with Crippen molar-refractivity contribution in [2.45, 2.75) is 39.3 Å². The Kier molecular flexibility index (Phi) is 4.91. The summed E-state index contributed by atoms with van der Waals surface area (Å²) in [4.78, 5) is 10.7. The van der Waals surface area contributed by atoms with Crippen LogP contribution in [0, 0.1) is 20.8 Å². The van der Waals surface area contributed by atoms with E-state index in [9.17, 15) is 4.79 Å². The van der Waals surface area contributed by atoms with E-state index in [1.807, 2.05) is 26.8 Å². The van der Waals surface area contributed by atoms with Gasteiger partial charge in [0, 0.05) is 17.6 Å². The number of hydrogen-bond donors (Lipinski definition) is 3. The molecule has 0 amide bonds. The zero-order chi connectivity index (χ0) is 14.7.